The van der Waals surface area contributed by atoms with Crippen LogP contribution in [0.15, 0.2) is 60.7 Å². The Morgan fingerprint density at radius 1 is 0.650 bits per heavy atom. The average Bonchev–Trinajstić information content (AvgIpc) is 2.54. The van der Waals surface area contributed by atoms with E-state index in [1.807, 2.05) is 24.3 Å². The zero-order chi connectivity index (χ0) is 13.5. The third-order valence-corrected chi connectivity index (χ3v) is 3.70. The van der Waals surface area contributed by atoms with Crippen LogP contribution >= 0.6 is 0 Å². The molecule has 2 nitrogen and oxygen atoms in total. The van der Waals surface area contributed by atoms with Gasteiger partial charge in [0.25, 0.3) is 0 Å². The maximum Gasteiger partial charge on any atom is 0.141 e. The van der Waals surface area contributed by atoms with E-state index in [0.29, 0.717) is 5.69 Å². The van der Waals surface area contributed by atoms with Gasteiger partial charge in [0.2, 0.25) is 0 Å². The van der Waals surface area contributed by atoms with Gasteiger partial charge in [-0.1, -0.05) is 48.5 Å². The molecule has 0 fully saturated rings. The van der Waals surface area contributed by atoms with Crippen LogP contribution < -0.4 is 0 Å². The minimum atomic E-state index is 0.456. The monoisotopic (exact) mass is 254 g/mol. The van der Waals surface area contributed by atoms with Gasteiger partial charge in [0.1, 0.15) is 11.8 Å². The van der Waals surface area contributed by atoms with Crippen molar-refractivity contribution in [2.24, 2.45) is 0 Å². The van der Waals surface area contributed by atoms with Crippen LogP contribution in [0.4, 0.5) is 0 Å². The summed E-state index contributed by atoms with van der Waals surface area (Å²) in [6.07, 6.45) is 0. The van der Waals surface area contributed by atoms with E-state index in [1.165, 1.54) is 16.2 Å². The van der Waals surface area contributed by atoms with Crippen molar-refractivity contribution >= 4 is 32.4 Å². The smallest absolute Gasteiger partial charge is 0.141 e. The molecule has 1 aromatic heterocycles. The second kappa shape index (κ2) is 4.04. The van der Waals surface area contributed by atoms with Crippen LogP contribution in [0.5, 0.6) is 0 Å². The van der Waals surface area contributed by atoms with Crippen molar-refractivity contribution in [1.82, 2.24) is 4.98 Å². The summed E-state index contributed by atoms with van der Waals surface area (Å²) in [5.41, 5.74) is 1.36. The molecule has 0 bridgehead atoms. The molecule has 0 aliphatic rings. The summed E-state index contributed by atoms with van der Waals surface area (Å²) in [5, 5.41) is 14.8. The number of hydrogen-bond acceptors (Lipinski definition) is 2. The SMILES string of the molecule is N#Cc1ccc2c3ccccc3c3ccccc3c2n1. The number of nitriles is 1. The van der Waals surface area contributed by atoms with Crippen molar-refractivity contribution in [2.75, 3.05) is 0 Å². The van der Waals surface area contributed by atoms with Crippen LogP contribution in [0.2, 0.25) is 0 Å². The highest BCUT2D eigenvalue weighted by molar-refractivity contribution is 6.24. The normalized spacial score (nSPS) is 10.9. The largest absolute Gasteiger partial charge is 0.236 e. The molecule has 1 heterocycles. The molecule has 0 atom stereocenters. The number of fused-ring (bicyclic) bond motifs is 6. The molecule has 2 heteroatoms. The molecule has 0 aliphatic carbocycles. The van der Waals surface area contributed by atoms with Crippen molar-refractivity contribution in [3.8, 4) is 6.07 Å². The van der Waals surface area contributed by atoms with Gasteiger partial charge in [-0.3, -0.25) is 0 Å². The van der Waals surface area contributed by atoms with Crippen molar-refractivity contribution in [2.45, 2.75) is 0 Å². The Kier molecular flexibility index (Phi) is 2.21. The third-order valence-electron chi connectivity index (χ3n) is 3.70. The summed E-state index contributed by atoms with van der Waals surface area (Å²) in [6, 6.07) is 22.5. The van der Waals surface area contributed by atoms with Crippen LogP contribution in [-0.2, 0) is 0 Å². The van der Waals surface area contributed by atoms with Gasteiger partial charge in [-0.2, -0.15) is 5.26 Å². The molecule has 4 aromatic rings. The quantitative estimate of drug-likeness (QED) is 0.436. The predicted octanol–water partition coefficient (Wildman–Crippen LogP) is 4.41. The number of aromatic nitrogens is 1. The van der Waals surface area contributed by atoms with Crippen molar-refractivity contribution in [3.63, 3.8) is 0 Å². The molecular formula is C18H10N2. The summed E-state index contributed by atoms with van der Waals surface area (Å²) in [7, 11) is 0. The van der Waals surface area contributed by atoms with Crippen LogP contribution in [0.3, 0.4) is 0 Å². The van der Waals surface area contributed by atoms with Gasteiger partial charge in [0.05, 0.1) is 5.52 Å². The number of rotatable bonds is 0. The van der Waals surface area contributed by atoms with E-state index < -0.39 is 0 Å². The van der Waals surface area contributed by atoms with E-state index in [2.05, 4.69) is 41.4 Å². The summed E-state index contributed by atoms with van der Waals surface area (Å²) >= 11 is 0. The average molecular weight is 254 g/mol. The summed E-state index contributed by atoms with van der Waals surface area (Å²) in [4.78, 5) is 4.51. The zero-order valence-corrected chi connectivity index (χ0v) is 10.7. The predicted molar refractivity (Wildman–Crippen MR) is 81.5 cm³/mol. The Bertz CT molecular complexity index is 975. The first kappa shape index (κ1) is 11.0. The van der Waals surface area contributed by atoms with Crippen molar-refractivity contribution in [1.29, 1.82) is 5.26 Å². The second-order valence-electron chi connectivity index (χ2n) is 4.80. The minimum absolute atomic E-state index is 0.456. The molecule has 0 N–H and O–H groups in total. The Balaban J connectivity index is 2.39. The number of pyridine rings is 1. The highest BCUT2D eigenvalue weighted by Crippen LogP contribution is 2.33. The molecule has 92 valence electrons. The standard InChI is InChI=1S/C18H10N2/c19-11-12-9-10-17-15-7-2-1-5-13(15)14-6-3-4-8-16(14)18(17)20-12/h1-10H. The molecule has 3 aromatic carbocycles. The fourth-order valence-corrected chi connectivity index (χ4v) is 2.82. The molecule has 20 heavy (non-hydrogen) atoms. The topological polar surface area (TPSA) is 36.7 Å². The Labute approximate surface area is 115 Å². The molecule has 0 aliphatic heterocycles. The summed E-state index contributed by atoms with van der Waals surface area (Å²) < 4.78 is 0. The van der Waals surface area contributed by atoms with Crippen LogP contribution in [0.1, 0.15) is 5.69 Å². The van der Waals surface area contributed by atoms with Crippen LogP contribution in [-0.4, -0.2) is 4.98 Å². The van der Waals surface area contributed by atoms with Gasteiger partial charge in [-0.15, -0.1) is 0 Å². The van der Waals surface area contributed by atoms with E-state index in [1.54, 1.807) is 6.07 Å². The van der Waals surface area contributed by atoms with E-state index in [-0.39, 0.29) is 0 Å². The maximum absolute atomic E-state index is 9.07. The van der Waals surface area contributed by atoms with E-state index in [9.17, 15) is 0 Å². The van der Waals surface area contributed by atoms with Gasteiger partial charge in [0.15, 0.2) is 0 Å². The second-order valence-corrected chi connectivity index (χ2v) is 4.80. The molecule has 0 saturated carbocycles. The van der Waals surface area contributed by atoms with Gasteiger partial charge in [-0.25, -0.2) is 4.98 Å². The Hall–Kier alpha value is -2.92. The number of benzene rings is 3. The van der Waals surface area contributed by atoms with Gasteiger partial charge < -0.3 is 0 Å². The molecule has 0 saturated heterocycles. The summed E-state index contributed by atoms with van der Waals surface area (Å²) in [6.45, 7) is 0. The van der Waals surface area contributed by atoms with Crippen molar-refractivity contribution < 1.29 is 0 Å². The number of hydrogen-bond donors (Lipinski definition) is 0. The van der Waals surface area contributed by atoms with Crippen molar-refractivity contribution in [3.05, 3.63) is 66.4 Å². The highest BCUT2D eigenvalue weighted by atomic mass is 14.7. The van der Waals surface area contributed by atoms with Gasteiger partial charge in [0, 0.05) is 10.8 Å². The molecule has 0 spiro atoms. The molecule has 0 radical (unpaired) electrons. The first-order valence-corrected chi connectivity index (χ1v) is 6.49. The number of nitrogens with zero attached hydrogens (tertiary/aromatic N) is 2. The summed E-state index contributed by atoms with van der Waals surface area (Å²) in [5.74, 6) is 0. The molecule has 0 unspecified atom stereocenters. The first-order chi connectivity index (χ1) is 9.88. The molecular weight excluding hydrogens is 244 g/mol. The van der Waals surface area contributed by atoms with E-state index >= 15 is 0 Å². The molecule has 4 rings (SSSR count). The zero-order valence-electron chi connectivity index (χ0n) is 10.7. The third kappa shape index (κ3) is 1.41. The van der Waals surface area contributed by atoms with E-state index in [0.717, 1.165) is 16.3 Å². The van der Waals surface area contributed by atoms with Crippen LogP contribution in [0.25, 0.3) is 32.4 Å². The van der Waals surface area contributed by atoms with Crippen LogP contribution in [0, 0.1) is 11.3 Å². The fraction of sp³-hybridized carbons (Fsp3) is 0. The Morgan fingerprint density at radius 3 is 1.75 bits per heavy atom. The minimum Gasteiger partial charge on any atom is -0.236 e. The Morgan fingerprint density at radius 2 is 1.15 bits per heavy atom. The lowest BCUT2D eigenvalue weighted by Crippen LogP contribution is -1.88. The van der Waals surface area contributed by atoms with E-state index in [4.69, 9.17) is 5.26 Å². The lowest BCUT2D eigenvalue weighted by molar-refractivity contribution is 1.34. The highest BCUT2D eigenvalue weighted by Gasteiger charge is 2.09. The maximum atomic E-state index is 9.07. The van der Waals surface area contributed by atoms with Gasteiger partial charge >= 0.3 is 0 Å². The molecule has 0 amide bonds. The fourth-order valence-electron chi connectivity index (χ4n) is 2.82. The first-order valence-electron chi connectivity index (χ1n) is 6.49. The lowest BCUT2D eigenvalue weighted by atomic mass is 9.97. The lowest BCUT2D eigenvalue weighted by Gasteiger charge is -2.09. The van der Waals surface area contributed by atoms with Gasteiger partial charge in [-0.05, 0) is 28.3 Å².